The van der Waals surface area contributed by atoms with Crippen molar-refractivity contribution in [1.82, 2.24) is 15.2 Å². The molecule has 6 heteroatoms. The highest BCUT2D eigenvalue weighted by atomic mass is 16.5. The zero-order valence-corrected chi connectivity index (χ0v) is 11.1. The lowest BCUT2D eigenvalue weighted by Gasteiger charge is -2.39. The molecule has 100 valence electrons. The third kappa shape index (κ3) is 4.49. The maximum atomic E-state index is 5.55. The number of aliphatic imine (C=N–C) groups is 1. The van der Waals surface area contributed by atoms with Gasteiger partial charge in [0.2, 0.25) is 5.96 Å². The van der Waals surface area contributed by atoms with Crippen molar-refractivity contribution in [2.75, 3.05) is 46.9 Å². The Labute approximate surface area is 104 Å². The molecule has 0 spiro atoms. The molecule has 0 saturated carbocycles. The summed E-state index contributed by atoms with van der Waals surface area (Å²) >= 11 is 0. The van der Waals surface area contributed by atoms with Gasteiger partial charge < -0.3 is 14.5 Å². The van der Waals surface area contributed by atoms with Crippen molar-refractivity contribution < 1.29 is 4.74 Å². The van der Waals surface area contributed by atoms with Crippen LogP contribution in [0, 0.1) is 0 Å². The summed E-state index contributed by atoms with van der Waals surface area (Å²) < 4.78 is 5.00. The van der Waals surface area contributed by atoms with Gasteiger partial charge in [-0.25, -0.2) is 5.84 Å². The first kappa shape index (κ1) is 14.2. The summed E-state index contributed by atoms with van der Waals surface area (Å²) in [5, 5.41) is 0. The van der Waals surface area contributed by atoms with Crippen LogP contribution in [0.25, 0.3) is 0 Å². The van der Waals surface area contributed by atoms with Crippen molar-refractivity contribution in [2.24, 2.45) is 10.8 Å². The fourth-order valence-electron chi connectivity index (χ4n) is 2.07. The van der Waals surface area contributed by atoms with Gasteiger partial charge in [-0.3, -0.25) is 10.4 Å². The molecule has 0 bridgehead atoms. The van der Waals surface area contributed by atoms with Gasteiger partial charge in [0.15, 0.2) is 0 Å². The van der Waals surface area contributed by atoms with Gasteiger partial charge in [0.05, 0.1) is 0 Å². The Morgan fingerprint density at radius 1 is 1.53 bits per heavy atom. The molecule has 1 saturated heterocycles. The van der Waals surface area contributed by atoms with Gasteiger partial charge in [-0.1, -0.05) is 0 Å². The third-order valence-electron chi connectivity index (χ3n) is 3.00. The zero-order valence-electron chi connectivity index (χ0n) is 11.1. The van der Waals surface area contributed by atoms with E-state index in [1.165, 1.54) is 0 Å². The third-order valence-corrected chi connectivity index (χ3v) is 3.00. The maximum absolute atomic E-state index is 5.55. The van der Waals surface area contributed by atoms with E-state index in [-0.39, 0.29) is 0 Å². The first-order valence-corrected chi connectivity index (χ1v) is 6.14. The van der Waals surface area contributed by atoms with Crippen LogP contribution in [0.3, 0.4) is 0 Å². The molecule has 1 aliphatic rings. The van der Waals surface area contributed by atoms with Crippen LogP contribution in [0.4, 0.5) is 0 Å². The van der Waals surface area contributed by atoms with E-state index in [1.807, 2.05) is 0 Å². The van der Waals surface area contributed by atoms with Crippen LogP contribution in [0.2, 0.25) is 0 Å². The summed E-state index contributed by atoms with van der Waals surface area (Å²) in [5.74, 6) is 6.34. The molecule has 17 heavy (non-hydrogen) atoms. The number of ether oxygens (including phenoxy) is 1. The zero-order chi connectivity index (χ0) is 12.7. The number of hydrogen-bond donors (Lipinski definition) is 2. The van der Waals surface area contributed by atoms with Crippen LogP contribution in [0.1, 0.15) is 13.3 Å². The number of nitrogens with zero attached hydrogens (tertiary/aromatic N) is 3. The Kier molecular flexibility index (Phi) is 6.25. The maximum Gasteiger partial charge on any atom is 0.208 e. The molecule has 1 rings (SSSR count). The van der Waals surface area contributed by atoms with Crippen LogP contribution in [-0.2, 0) is 4.74 Å². The topological polar surface area (TPSA) is 66.1 Å². The number of rotatable bonds is 4. The fraction of sp³-hybridized carbons (Fsp3) is 0.909. The van der Waals surface area contributed by atoms with Crippen LogP contribution in [0.15, 0.2) is 4.99 Å². The SMILES string of the molecule is COCCCN=C(NN)N1CCN(C)CC1C. The van der Waals surface area contributed by atoms with Crippen LogP contribution in [-0.4, -0.2) is 68.7 Å². The Bertz CT molecular complexity index is 246. The molecule has 1 fully saturated rings. The summed E-state index contributed by atoms with van der Waals surface area (Å²) in [6, 6.07) is 0.436. The molecule has 3 N–H and O–H groups in total. The Hall–Kier alpha value is -0.850. The second kappa shape index (κ2) is 7.47. The van der Waals surface area contributed by atoms with Crippen molar-refractivity contribution in [3.05, 3.63) is 0 Å². The van der Waals surface area contributed by atoms with Crippen molar-refractivity contribution in [3.63, 3.8) is 0 Å². The number of nitrogens with one attached hydrogen (secondary N) is 1. The van der Waals surface area contributed by atoms with Crippen molar-refractivity contribution in [3.8, 4) is 0 Å². The van der Waals surface area contributed by atoms with E-state index in [0.717, 1.165) is 45.2 Å². The molecule has 0 aromatic rings. The van der Waals surface area contributed by atoms with Crippen LogP contribution >= 0.6 is 0 Å². The first-order valence-electron chi connectivity index (χ1n) is 6.14. The van der Waals surface area contributed by atoms with Gasteiger partial charge in [-0.05, 0) is 20.4 Å². The highest BCUT2D eigenvalue weighted by Crippen LogP contribution is 2.07. The van der Waals surface area contributed by atoms with E-state index >= 15 is 0 Å². The van der Waals surface area contributed by atoms with E-state index in [9.17, 15) is 0 Å². The monoisotopic (exact) mass is 243 g/mol. The number of nitrogens with two attached hydrogens (primary N) is 1. The summed E-state index contributed by atoms with van der Waals surface area (Å²) in [6.45, 7) is 6.72. The summed E-state index contributed by atoms with van der Waals surface area (Å²) in [6.07, 6.45) is 0.920. The van der Waals surface area contributed by atoms with Gasteiger partial charge in [-0.15, -0.1) is 0 Å². The lowest BCUT2D eigenvalue weighted by molar-refractivity contribution is 0.157. The molecular weight excluding hydrogens is 218 g/mol. The number of piperazine rings is 1. The molecule has 1 atom stereocenters. The van der Waals surface area contributed by atoms with E-state index in [0.29, 0.717) is 6.04 Å². The molecule has 0 aromatic heterocycles. The molecule has 0 radical (unpaired) electrons. The summed E-state index contributed by atoms with van der Waals surface area (Å²) in [7, 11) is 3.84. The van der Waals surface area contributed by atoms with Crippen molar-refractivity contribution in [2.45, 2.75) is 19.4 Å². The molecule has 6 nitrogen and oxygen atoms in total. The molecule has 1 heterocycles. The average molecular weight is 243 g/mol. The van der Waals surface area contributed by atoms with Gasteiger partial charge in [0, 0.05) is 45.9 Å². The average Bonchev–Trinajstić information content (AvgIpc) is 2.31. The number of methoxy groups -OCH3 is 1. The number of hydrogen-bond acceptors (Lipinski definition) is 4. The van der Waals surface area contributed by atoms with Gasteiger partial charge in [0.25, 0.3) is 0 Å². The second-order valence-corrected chi connectivity index (χ2v) is 4.50. The number of hydrazine groups is 1. The van der Waals surface area contributed by atoms with E-state index in [1.54, 1.807) is 7.11 Å². The minimum Gasteiger partial charge on any atom is -0.385 e. The van der Waals surface area contributed by atoms with Crippen molar-refractivity contribution in [1.29, 1.82) is 0 Å². The number of guanidine groups is 1. The molecule has 1 unspecified atom stereocenters. The Balaban J connectivity index is 2.48. The summed E-state index contributed by atoms with van der Waals surface area (Å²) in [5.41, 5.74) is 2.71. The van der Waals surface area contributed by atoms with Crippen LogP contribution in [0.5, 0.6) is 0 Å². The Morgan fingerprint density at radius 3 is 2.88 bits per heavy atom. The van der Waals surface area contributed by atoms with Crippen molar-refractivity contribution >= 4 is 5.96 Å². The second-order valence-electron chi connectivity index (χ2n) is 4.50. The fourth-order valence-corrected chi connectivity index (χ4v) is 2.07. The highest BCUT2D eigenvalue weighted by molar-refractivity contribution is 5.79. The lowest BCUT2D eigenvalue weighted by Crippen LogP contribution is -2.57. The van der Waals surface area contributed by atoms with Gasteiger partial charge in [0.1, 0.15) is 0 Å². The van der Waals surface area contributed by atoms with Gasteiger partial charge >= 0.3 is 0 Å². The Morgan fingerprint density at radius 2 is 2.29 bits per heavy atom. The predicted molar refractivity (Wildman–Crippen MR) is 69.8 cm³/mol. The molecule has 0 amide bonds. The quantitative estimate of drug-likeness (QED) is 0.229. The minimum absolute atomic E-state index is 0.436. The van der Waals surface area contributed by atoms with Crippen LogP contribution < -0.4 is 11.3 Å². The number of likely N-dealkylation sites (N-methyl/N-ethyl adjacent to an activating group) is 1. The molecule has 0 aliphatic carbocycles. The van der Waals surface area contributed by atoms with E-state index < -0.39 is 0 Å². The standard InChI is InChI=1S/C11H25N5O/c1-10-9-15(2)6-7-16(10)11(14-12)13-5-4-8-17-3/h10H,4-9,12H2,1-3H3,(H,13,14). The van der Waals surface area contributed by atoms with E-state index in [4.69, 9.17) is 10.6 Å². The summed E-state index contributed by atoms with van der Waals surface area (Å²) in [4.78, 5) is 9.04. The predicted octanol–water partition coefficient (Wildman–Crippen LogP) is -0.522. The smallest absolute Gasteiger partial charge is 0.208 e. The first-order chi connectivity index (χ1) is 8.19. The van der Waals surface area contributed by atoms with E-state index in [2.05, 4.69) is 34.2 Å². The normalized spacial score (nSPS) is 22.9. The highest BCUT2D eigenvalue weighted by Gasteiger charge is 2.23. The lowest BCUT2D eigenvalue weighted by atomic mass is 10.2. The largest absolute Gasteiger partial charge is 0.385 e. The molecule has 0 aromatic carbocycles. The molecular formula is C11H25N5O. The molecule has 1 aliphatic heterocycles. The minimum atomic E-state index is 0.436. The van der Waals surface area contributed by atoms with Gasteiger partial charge in [-0.2, -0.15) is 0 Å².